The molecule has 0 aliphatic carbocycles. The average Bonchev–Trinajstić information content (AvgIpc) is 3.21. The number of allylic oxidation sites excluding steroid dienone is 4. The molecule has 3 amide bonds. The molecule has 0 fully saturated rings. The van der Waals surface area contributed by atoms with Crippen LogP contribution in [-0.4, -0.2) is 40.7 Å². The largest absolute Gasteiger partial charge is 0.493 e. The highest BCUT2D eigenvalue weighted by molar-refractivity contribution is 8.14. The fraction of sp³-hybridized carbons (Fsp3) is 0.111. The molecule has 0 aromatic heterocycles. The Morgan fingerprint density at radius 1 is 0.889 bits per heavy atom. The molecule has 0 atom stereocenters. The van der Waals surface area contributed by atoms with Crippen LogP contribution in [0, 0.1) is 0 Å². The van der Waals surface area contributed by atoms with Gasteiger partial charge in [0.15, 0.2) is 16.7 Å². The molecule has 0 saturated carbocycles. The monoisotopic (exact) mass is 733 g/mol. The normalized spacial score (nSPS) is 14.1. The molecule has 54 heavy (non-hydrogen) atoms. The molecule has 0 saturated heterocycles. The van der Waals surface area contributed by atoms with E-state index >= 15 is 0 Å². The quantitative estimate of drug-likeness (QED) is 0.0738. The lowest BCUT2D eigenvalue weighted by Crippen LogP contribution is -2.42. The molecule has 5 aromatic rings. The number of hydrogen-bond acceptors (Lipinski definition) is 6. The number of fused-ring (bicyclic) bond motifs is 1. The maximum atomic E-state index is 14.2. The number of nitrogens with one attached hydrogen (secondary N) is 1. The Morgan fingerprint density at radius 3 is 2.26 bits per heavy atom. The highest BCUT2D eigenvalue weighted by Crippen LogP contribution is 2.32. The van der Waals surface area contributed by atoms with Gasteiger partial charge in [0.2, 0.25) is 5.91 Å². The molecule has 9 heteroatoms. The number of carbonyl (C=O) groups excluding carboxylic acids is 3. The van der Waals surface area contributed by atoms with Gasteiger partial charge in [0, 0.05) is 5.70 Å². The fourth-order valence-corrected chi connectivity index (χ4v) is 6.84. The lowest BCUT2D eigenvalue weighted by atomic mass is 9.99. The highest BCUT2D eigenvalue weighted by atomic mass is 32.2. The van der Waals surface area contributed by atoms with Gasteiger partial charge in [0.05, 0.1) is 18.9 Å². The highest BCUT2D eigenvalue weighted by Gasteiger charge is 2.35. The van der Waals surface area contributed by atoms with Gasteiger partial charge in [-0.2, -0.15) is 4.99 Å². The summed E-state index contributed by atoms with van der Waals surface area (Å²) >= 11 is 1.01. The van der Waals surface area contributed by atoms with Crippen LogP contribution in [0.5, 0.6) is 11.5 Å². The SMILES string of the molecule is C=C/C=C\C(=C/C)N1C(=O)/C(=C/c2ccc(OCc3cccc4ccccc34)c(OC)c2)C(=O)N=C1SCC(=O)NC(c1ccccc1)c1ccccc1. The first-order chi connectivity index (χ1) is 26.4. The molecule has 0 radical (unpaired) electrons. The van der Waals surface area contributed by atoms with Crippen LogP contribution < -0.4 is 14.8 Å². The summed E-state index contributed by atoms with van der Waals surface area (Å²) in [5.74, 6) is -0.733. The lowest BCUT2D eigenvalue weighted by Gasteiger charge is -2.28. The molecular formula is C45H39N3O5S. The molecule has 5 aromatic carbocycles. The first-order valence-corrected chi connectivity index (χ1v) is 18.3. The number of nitrogens with zero attached hydrogens (tertiary/aromatic N) is 2. The van der Waals surface area contributed by atoms with Crippen molar-refractivity contribution in [2.24, 2.45) is 4.99 Å². The maximum Gasteiger partial charge on any atom is 0.285 e. The van der Waals surface area contributed by atoms with E-state index < -0.39 is 17.9 Å². The standard InChI is InChI=1S/C45H39N3O5S/c1-4-6-23-36(5-2)48-44(51)38(27-31-25-26-39(40(28-31)52-3)53-29-35-22-15-21-32-16-13-14-24-37(32)35)43(50)47-45(48)54-30-41(49)46-42(33-17-9-7-10-18-33)34-19-11-8-12-20-34/h4-28,42H,1,29-30H2,2-3H3,(H,46,49)/b23-6-,36-5+,38-27+. The molecule has 6 rings (SSSR count). The number of amides is 3. The van der Waals surface area contributed by atoms with Crippen molar-refractivity contribution < 1.29 is 23.9 Å². The molecule has 8 nitrogen and oxygen atoms in total. The van der Waals surface area contributed by atoms with Crippen LogP contribution in [-0.2, 0) is 21.0 Å². The molecule has 0 spiro atoms. The van der Waals surface area contributed by atoms with E-state index in [1.807, 2.05) is 84.9 Å². The van der Waals surface area contributed by atoms with Gasteiger partial charge in [-0.25, -0.2) is 0 Å². The molecule has 1 aliphatic heterocycles. The van der Waals surface area contributed by atoms with Crippen LogP contribution in [0.15, 0.2) is 168 Å². The predicted octanol–water partition coefficient (Wildman–Crippen LogP) is 8.82. The zero-order valence-corrected chi connectivity index (χ0v) is 30.8. The molecule has 1 aliphatic rings. The Labute approximate surface area is 319 Å². The second-order valence-corrected chi connectivity index (χ2v) is 13.1. The van der Waals surface area contributed by atoms with Crippen LogP contribution >= 0.6 is 11.8 Å². The zero-order chi connectivity index (χ0) is 37.9. The molecule has 0 unspecified atom stereocenters. The summed E-state index contributed by atoms with van der Waals surface area (Å²) in [6.07, 6.45) is 8.18. The minimum Gasteiger partial charge on any atom is -0.493 e. The number of aliphatic imine (C=N–C) groups is 1. The van der Waals surface area contributed by atoms with Gasteiger partial charge in [0.1, 0.15) is 12.2 Å². The van der Waals surface area contributed by atoms with Crippen LogP contribution in [0.2, 0.25) is 0 Å². The summed E-state index contributed by atoms with van der Waals surface area (Å²) < 4.78 is 11.8. The van der Waals surface area contributed by atoms with Crippen LogP contribution in [0.25, 0.3) is 16.8 Å². The number of rotatable bonds is 13. The second kappa shape index (κ2) is 17.9. The number of hydrogen-bond donors (Lipinski definition) is 1. The zero-order valence-electron chi connectivity index (χ0n) is 30.0. The van der Waals surface area contributed by atoms with Crippen LogP contribution in [0.1, 0.15) is 35.2 Å². The molecule has 270 valence electrons. The average molecular weight is 734 g/mol. The topological polar surface area (TPSA) is 97.3 Å². The lowest BCUT2D eigenvalue weighted by molar-refractivity contribution is -0.126. The molecular weight excluding hydrogens is 695 g/mol. The number of ether oxygens (including phenoxy) is 2. The number of methoxy groups -OCH3 is 1. The van der Waals surface area contributed by atoms with Crippen molar-refractivity contribution in [3.8, 4) is 11.5 Å². The van der Waals surface area contributed by atoms with Crippen molar-refractivity contribution in [2.45, 2.75) is 19.6 Å². The first kappa shape index (κ1) is 37.3. The van der Waals surface area contributed by atoms with E-state index in [-0.39, 0.29) is 22.4 Å². The van der Waals surface area contributed by atoms with E-state index in [2.05, 4.69) is 35.1 Å². The second-order valence-electron chi connectivity index (χ2n) is 12.2. The van der Waals surface area contributed by atoms with Gasteiger partial charge in [-0.05, 0) is 64.2 Å². The third-order valence-corrected chi connectivity index (χ3v) is 9.61. The third kappa shape index (κ3) is 8.77. The Bertz CT molecular complexity index is 2250. The molecule has 0 bridgehead atoms. The van der Waals surface area contributed by atoms with E-state index in [0.29, 0.717) is 29.4 Å². The van der Waals surface area contributed by atoms with Crippen molar-refractivity contribution >= 4 is 51.5 Å². The van der Waals surface area contributed by atoms with Crippen molar-refractivity contribution in [1.82, 2.24) is 10.2 Å². The van der Waals surface area contributed by atoms with Crippen molar-refractivity contribution in [3.05, 3.63) is 186 Å². The van der Waals surface area contributed by atoms with E-state index in [1.54, 1.807) is 49.4 Å². The third-order valence-electron chi connectivity index (χ3n) is 8.67. The summed E-state index contributed by atoms with van der Waals surface area (Å²) in [5, 5.41) is 5.42. The summed E-state index contributed by atoms with van der Waals surface area (Å²) in [7, 11) is 1.53. The Balaban J connectivity index is 1.23. The van der Waals surface area contributed by atoms with Crippen LogP contribution in [0.4, 0.5) is 0 Å². The molecule has 1 heterocycles. The van der Waals surface area contributed by atoms with Gasteiger partial charge in [0.25, 0.3) is 11.8 Å². The van der Waals surface area contributed by atoms with E-state index in [4.69, 9.17) is 9.47 Å². The van der Waals surface area contributed by atoms with E-state index in [1.165, 1.54) is 18.1 Å². The summed E-state index contributed by atoms with van der Waals surface area (Å²) in [6.45, 7) is 5.84. The Hall–Kier alpha value is -6.45. The van der Waals surface area contributed by atoms with E-state index in [0.717, 1.165) is 39.2 Å². The molecule has 1 N–H and O–H groups in total. The fourth-order valence-electron chi connectivity index (χ4n) is 6.03. The minimum absolute atomic E-state index is 0.0878. The summed E-state index contributed by atoms with van der Waals surface area (Å²) in [5.41, 5.74) is 3.74. The van der Waals surface area contributed by atoms with Crippen molar-refractivity contribution in [2.75, 3.05) is 12.9 Å². The summed E-state index contributed by atoms with van der Waals surface area (Å²) in [4.78, 5) is 46.8. The number of carbonyl (C=O) groups is 3. The Kier molecular flexibility index (Phi) is 12.3. The number of amidine groups is 1. The van der Waals surface area contributed by atoms with Crippen LogP contribution in [0.3, 0.4) is 0 Å². The Morgan fingerprint density at radius 2 is 1.57 bits per heavy atom. The van der Waals surface area contributed by atoms with Gasteiger partial charge in [-0.1, -0.05) is 146 Å². The predicted molar refractivity (Wildman–Crippen MR) is 217 cm³/mol. The van der Waals surface area contributed by atoms with Gasteiger partial charge in [-0.3, -0.25) is 19.3 Å². The van der Waals surface area contributed by atoms with Gasteiger partial charge in [-0.15, -0.1) is 0 Å². The smallest absolute Gasteiger partial charge is 0.285 e. The van der Waals surface area contributed by atoms with Gasteiger partial charge < -0.3 is 14.8 Å². The minimum atomic E-state index is -0.719. The number of benzene rings is 5. The summed E-state index contributed by atoms with van der Waals surface area (Å²) in [6, 6.07) is 38.3. The van der Waals surface area contributed by atoms with Crippen molar-refractivity contribution in [3.63, 3.8) is 0 Å². The first-order valence-electron chi connectivity index (χ1n) is 17.3. The van der Waals surface area contributed by atoms with Gasteiger partial charge >= 0.3 is 0 Å². The maximum absolute atomic E-state index is 14.2. The van der Waals surface area contributed by atoms with Crippen molar-refractivity contribution in [1.29, 1.82) is 0 Å². The number of thioether (sulfide) groups is 1. The van der Waals surface area contributed by atoms with E-state index in [9.17, 15) is 14.4 Å².